The average Bonchev–Trinajstić information content (AvgIpc) is 2.34. The van der Waals surface area contributed by atoms with E-state index in [1.807, 2.05) is 4.90 Å². The number of nitrogens with one attached hydrogen (secondary N) is 1. The van der Waals surface area contributed by atoms with E-state index in [9.17, 15) is 9.59 Å². The monoisotopic (exact) mass is 284 g/mol. The largest absolute Gasteiger partial charge is 0.384 e. The van der Waals surface area contributed by atoms with Crippen LogP contribution in [0.4, 0.5) is 0 Å². The lowest BCUT2D eigenvalue weighted by molar-refractivity contribution is -0.133. The van der Waals surface area contributed by atoms with E-state index in [1.165, 1.54) is 0 Å². The Kier molecular flexibility index (Phi) is 6.46. The molecule has 2 amide bonds. The van der Waals surface area contributed by atoms with Crippen LogP contribution in [0.15, 0.2) is 0 Å². The van der Waals surface area contributed by atoms with Gasteiger partial charge in [0.2, 0.25) is 11.8 Å². The Labute approximate surface area is 122 Å². The molecule has 1 N–H and O–H groups in total. The van der Waals surface area contributed by atoms with Crippen LogP contribution in [0.2, 0.25) is 0 Å². The Morgan fingerprint density at radius 3 is 2.35 bits per heavy atom. The second-order valence-corrected chi connectivity index (χ2v) is 6.70. The van der Waals surface area contributed by atoms with Gasteiger partial charge in [-0.2, -0.15) is 0 Å². The molecule has 1 rings (SSSR count). The standard InChI is InChI=1S/C15H28N2O3/c1-15(2,3)11-13(18)16-12-5-8-17(9-6-12)14(19)7-10-20-4/h12H,5-11H2,1-4H3,(H,16,18). The number of methoxy groups -OCH3 is 1. The van der Waals surface area contributed by atoms with Gasteiger partial charge in [0.1, 0.15) is 0 Å². The summed E-state index contributed by atoms with van der Waals surface area (Å²) in [6.07, 6.45) is 2.67. The van der Waals surface area contributed by atoms with Crippen LogP contribution in [0.25, 0.3) is 0 Å². The molecule has 1 fully saturated rings. The molecule has 20 heavy (non-hydrogen) atoms. The van der Waals surface area contributed by atoms with Gasteiger partial charge in [0.25, 0.3) is 0 Å². The number of likely N-dealkylation sites (tertiary alicyclic amines) is 1. The summed E-state index contributed by atoms with van der Waals surface area (Å²) < 4.78 is 4.92. The number of piperidine rings is 1. The Hall–Kier alpha value is -1.10. The normalized spacial score (nSPS) is 17.1. The topological polar surface area (TPSA) is 58.6 Å². The van der Waals surface area contributed by atoms with Crippen LogP contribution in [0.5, 0.6) is 0 Å². The second-order valence-electron chi connectivity index (χ2n) is 6.70. The molecular formula is C15H28N2O3. The smallest absolute Gasteiger partial charge is 0.224 e. The average molecular weight is 284 g/mol. The number of hydrogen-bond acceptors (Lipinski definition) is 3. The summed E-state index contributed by atoms with van der Waals surface area (Å²) in [5, 5.41) is 3.08. The molecule has 0 unspecified atom stereocenters. The first-order valence-corrected chi connectivity index (χ1v) is 7.38. The van der Waals surface area contributed by atoms with Gasteiger partial charge in [-0.1, -0.05) is 20.8 Å². The molecule has 5 nitrogen and oxygen atoms in total. The van der Waals surface area contributed by atoms with Crippen molar-refractivity contribution >= 4 is 11.8 Å². The minimum atomic E-state index is 0.0148. The van der Waals surface area contributed by atoms with E-state index in [2.05, 4.69) is 26.1 Å². The SMILES string of the molecule is COCCC(=O)N1CCC(NC(=O)CC(C)(C)C)CC1. The van der Waals surface area contributed by atoms with Crippen molar-refractivity contribution in [3.63, 3.8) is 0 Å². The first kappa shape index (κ1) is 17.0. The lowest BCUT2D eigenvalue weighted by atomic mass is 9.91. The van der Waals surface area contributed by atoms with E-state index >= 15 is 0 Å². The molecule has 1 heterocycles. The van der Waals surface area contributed by atoms with E-state index in [1.54, 1.807) is 7.11 Å². The van der Waals surface area contributed by atoms with Crippen molar-refractivity contribution in [1.29, 1.82) is 0 Å². The zero-order chi connectivity index (χ0) is 15.2. The summed E-state index contributed by atoms with van der Waals surface area (Å²) in [4.78, 5) is 25.6. The van der Waals surface area contributed by atoms with Crippen molar-refractivity contribution in [2.75, 3.05) is 26.8 Å². The van der Waals surface area contributed by atoms with Crippen LogP contribution in [0.1, 0.15) is 46.5 Å². The van der Waals surface area contributed by atoms with Crippen molar-refractivity contribution < 1.29 is 14.3 Å². The van der Waals surface area contributed by atoms with Crippen LogP contribution < -0.4 is 5.32 Å². The highest BCUT2D eigenvalue weighted by atomic mass is 16.5. The molecule has 116 valence electrons. The summed E-state index contributed by atoms with van der Waals surface area (Å²) in [7, 11) is 1.60. The Morgan fingerprint density at radius 2 is 1.85 bits per heavy atom. The number of ether oxygens (including phenoxy) is 1. The van der Waals surface area contributed by atoms with Gasteiger partial charge in [-0.3, -0.25) is 9.59 Å². The predicted molar refractivity (Wildman–Crippen MR) is 78.3 cm³/mol. The second kappa shape index (κ2) is 7.62. The third kappa shape index (κ3) is 6.37. The maximum absolute atomic E-state index is 11.9. The number of rotatable bonds is 5. The molecule has 0 saturated carbocycles. The lowest BCUT2D eigenvalue weighted by Crippen LogP contribution is -2.47. The summed E-state index contributed by atoms with van der Waals surface area (Å²) in [6, 6.07) is 0.205. The summed E-state index contributed by atoms with van der Waals surface area (Å²) >= 11 is 0. The number of carbonyl (C=O) groups excluding carboxylic acids is 2. The summed E-state index contributed by atoms with van der Waals surface area (Å²) in [5.41, 5.74) is 0.0148. The molecule has 0 bridgehead atoms. The molecule has 1 aliphatic rings. The first-order valence-electron chi connectivity index (χ1n) is 7.38. The summed E-state index contributed by atoms with van der Waals surface area (Å²) in [5.74, 6) is 0.257. The highest BCUT2D eigenvalue weighted by molar-refractivity contribution is 5.77. The Balaban J connectivity index is 2.28. The van der Waals surface area contributed by atoms with Crippen molar-refractivity contribution in [3.8, 4) is 0 Å². The quantitative estimate of drug-likeness (QED) is 0.833. The van der Waals surface area contributed by atoms with E-state index in [4.69, 9.17) is 4.74 Å². The predicted octanol–water partition coefficient (Wildman–Crippen LogP) is 1.57. The minimum absolute atomic E-state index is 0.0148. The van der Waals surface area contributed by atoms with Crippen LogP contribution in [-0.4, -0.2) is 49.6 Å². The molecular weight excluding hydrogens is 256 g/mol. The van der Waals surface area contributed by atoms with E-state index in [0.717, 1.165) is 25.9 Å². The van der Waals surface area contributed by atoms with Crippen molar-refractivity contribution in [2.24, 2.45) is 5.41 Å². The number of amides is 2. The molecule has 0 aromatic rings. The van der Waals surface area contributed by atoms with Gasteiger partial charge in [0, 0.05) is 32.7 Å². The number of nitrogens with zero attached hydrogens (tertiary/aromatic N) is 1. The fraction of sp³-hybridized carbons (Fsp3) is 0.867. The van der Waals surface area contributed by atoms with Gasteiger partial charge in [-0.15, -0.1) is 0 Å². The van der Waals surface area contributed by atoms with E-state index in [-0.39, 0.29) is 23.3 Å². The Morgan fingerprint density at radius 1 is 1.25 bits per heavy atom. The fourth-order valence-corrected chi connectivity index (χ4v) is 2.38. The molecule has 0 aliphatic carbocycles. The maximum atomic E-state index is 11.9. The van der Waals surface area contributed by atoms with Gasteiger partial charge in [0.05, 0.1) is 13.0 Å². The fourth-order valence-electron chi connectivity index (χ4n) is 2.38. The number of hydrogen-bond donors (Lipinski definition) is 1. The van der Waals surface area contributed by atoms with Crippen molar-refractivity contribution in [2.45, 2.75) is 52.5 Å². The third-order valence-electron chi connectivity index (χ3n) is 3.42. The molecule has 0 aromatic carbocycles. The van der Waals surface area contributed by atoms with Crippen molar-refractivity contribution in [3.05, 3.63) is 0 Å². The zero-order valence-electron chi connectivity index (χ0n) is 13.2. The number of carbonyl (C=O) groups is 2. The zero-order valence-corrected chi connectivity index (χ0v) is 13.2. The highest BCUT2D eigenvalue weighted by Gasteiger charge is 2.24. The molecule has 0 spiro atoms. The lowest BCUT2D eigenvalue weighted by Gasteiger charge is -2.33. The van der Waals surface area contributed by atoms with Gasteiger partial charge in [-0.05, 0) is 18.3 Å². The van der Waals surface area contributed by atoms with Gasteiger partial charge in [-0.25, -0.2) is 0 Å². The molecule has 1 aliphatic heterocycles. The van der Waals surface area contributed by atoms with Crippen LogP contribution >= 0.6 is 0 Å². The highest BCUT2D eigenvalue weighted by Crippen LogP contribution is 2.19. The molecule has 0 atom stereocenters. The van der Waals surface area contributed by atoms with Crippen LogP contribution in [-0.2, 0) is 14.3 Å². The first-order chi connectivity index (χ1) is 9.31. The molecule has 0 radical (unpaired) electrons. The van der Waals surface area contributed by atoms with E-state index in [0.29, 0.717) is 19.4 Å². The van der Waals surface area contributed by atoms with Crippen LogP contribution in [0, 0.1) is 5.41 Å². The third-order valence-corrected chi connectivity index (χ3v) is 3.42. The molecule has 0 aromatic heterocycles. The Bertz CT molecular complexity index is 329. The minimum Gasteiger partial charge on any atom is -0.384 e. The summed E-state index contributed by atoms with van der Waals surface area (Å²) in [6.45, 7) is 8.10. The molecule has 5 heteroatoms. The van der Waals surface area contributed by atoms with Gasteiger partial charge < -0.3 is 15.0 Å². The van der Waals surface area contributed by atoms with Crippen LogP contribution in [0.3, 0.4) is 0 Å². The molecule has 1 saturated heterocycles. The van der Waals surface area contributed by atoms with Gasteiger partial charge in [0.15, 0.2) is 0 Å². The van der Waals surface area contributed by atoms with E-state index < -0.39 is 0 Å². The van der Waals surface area contributed by atoms with Crippen molar-refractivity contribution in [1.82, 2.24) is 10.2 Å². The van der Waals surface area contributed by atoms with Gasteiger partial charge >= 0.3 is 0 Å². The maximum Gasteiger partial charge on any atom is 0.224 e.